The standard InChI is InChI=1S/C15H14N4S/c1-10-14(11-4-6-13(19-16)7-5-11)18-15(20-10)12-3-2-8-17-9-12/h2-9,19H,16H2,1H3. The lowest BCUT2D eigenvalue weighted by Crippen LogP contribution is -2.05. The van der Waals surface area contributed by atoms with Gasteiger partial charge in [0.1, 0.15) is 5.01 Å². The molecule has 0 amide bonds. The van der Waals surface area contributed by atoms with Crippen LogP contribution in [0.5, 0.6) is 0 Å². The summed E-state index contributed by atoms with van der Waals surface area (Å²) in [7, 11) is 0. The summed E-state index contributed by atoms with van der Waals surface area (Å²) in [5.41, 5.74) is 6.66. The lowest BCUT2D eigenvalue weighted by molar-refractivity contribution is 1.31. The molecule has 20 heavy (non-hydrogen) atoms. The van der Waals surface area contributed by atoms with E-state index in [9.17, 15) is 0 Å². The zero-order valence-electron chi connectivity index (χ0n) is 11.0. The van der Waals surface area contributed by atoms with Crippen LogP contribution in [0.3, 0.4) is 0 Å². The van der Waals surface area contributed by atoms with E-state index in [1.807, 2.05) is 42.6 Å². The zero-order valence-corrected chi connectivity index (χ0v) is 11.8. The molecule has 5 heteroatoms. The SMILES string of the molecule is Cc1sc(-c2cccnc2)nc1-c1ccc(NN)cc1. The number of aromatic nitrogens is 2. The van der Waals surface area contributed by atoms with Gasteiger partial charge < -0.3 is 5.43 Å². The number of hydrazine groups is 1. The van der Waals surface area contributed by atoms with Crippen molar-refractivity contribution in [2.45, 2.75) is 6.92 Å². The van der Waals surface area contributed by atoms with Gasteiger partial charge in [0.05, 0.1) is 5.69 Å². The Morgan fingerprint density at radius 3 is 2.55 bits per heavy atom. The first-order valence-electron chi connectivity index (χ1n) is 6.23. The quantitative estimate of drug-likeness (QED) is 0.570. The number of nitrogens with zero attached hydrogens (tertiary/aromatic N) is 2. The third kappa shape index (κ3) is 2.41. The Bertz CT molecular complexity index is 704. The summed E-state index contributed by atoms with van der Waals surface area (Å²) in [4.78, 5) is 10.1. The number of hydrogen-bond donors (Lipinski definition) is 2. The summed E-state index contributed by atoms with van der Waals surface area (Å²) in [5, 5.41) is 0.992. The second-order valence-corrected chi connectivity index (χ2v) is 5.59. The Labute approximate surface area is 121 Å². The van der Waals surface area contributed by atoms with Gasteiger partial charge in [0.2, 0.25) is 0 Å². The molecule has 0 saturated heterocycles. The van der Waals surface area contributed by atoms with E-state index in [1.54, 1.807) is 17.5 Å². The second kappa shape index (κ2) is 5.40. The van der Waals surface area contributed by atoms with Crippen LogP contribution in [-0.2, 0) is 0 Å². The van der Waals surface area contributed by atoms with Crippen molar-refractivity contribution in [1.29, 1.82) is 0 Å². The number of rotatable bonds is 3. The summed E-state index contributed by atoms with van der Waals surface area (Å²) in [6.45, 7) is 2.09. The molecule has 2 heterocycles. The molecule has 100 valence electrons. The Morgan fingerprint density at radius 1 is 1.10 bits per heavy atom. The fourth-order valence-corrected chi connectivity index (χ4v) is 2.93. The average Bonchev–Trinajstić information content (AvgIpc) is 2.90. The van der Waals surface area contributed by atoms with E-state index in [0.29, 0.717) is 0 Å². The fourth-order valence-electron chi connectivity index (χ4n) is 2.00. The number of aryl methyl sites for hydroxylation is 1. The van der Waals surface area contributed by atoms with Crippen LogP contribution < -0.4 is 11.3 Å². The van der Waals surface area contributed by atoms with Gasteiger partial charge in [-0.2, -0.15) is 0 Å². The van der Waals surface area contributed by atoms with Gasteiger partial charge in [-0.1, -0.05) is 12.1 Å². The minimum atomic E-state index is 0.883. The molecular weight excluding hydrogens is 268 g/mol. The summed E-state index contributed by atoms with van der Waals surface area (Å²) in [6, 6.07) is 11.9. The smallest absolute Gasteiger partial charge is 0.125 e. The molecule has 2 aromatic heterocycles. The molecule has 4 nitrogen and oxygen atoms in total. The van der Waals surface area contributed by atoms with Crippen molar-refractivity contribution in [2.24, 2.45) is 5.84 Å². The number of nitrogen functional groups attached to an aromatic ring is 1. The molecule has 0 fully saturated rings. The Hall–Kier alpha value is -2.24. The van der Waals surface area contributed by atoms with E-state index in [-0.39, 0.29) is 0 Å². The summed E-state index contributed by atoms with van der Waals surface area (Å²) >= 11 is 1.68. The number of anilines is 1. The largest absolute Gasteiger partial charge is 0.324 e. The number of benzene rings is 1. The van der Waals surface area contributed by atoms with Gasteiger partial charge in [-0.05, 0) is 31.2 Å². The van der Waals surface area contributed by atoms with Gasteiger partial charge in [0, 0.05) is 34.1 Å². The van der Waals surface area contributed by atoms with Crippen molar-refractivity contribution in [2.75, 3.05) is 5.43 Å². The molecule has 0 aliphatic heterocycles. The molecule has 0 aliphatic carbocycles. The topological polar surface area (TPSA) is 63.8 Å². The lowest BCUT2D eigenvalue weighted by atomic mass is 10.1. The third-order valence-electron chi connectivity index (χ3n) is 3.03. The first-order chi connectivity index (χ1) is 9.78. The van der Waals surface area contributed by atoms with Crippen LogP contribution >= 0.6 is 11.3 Å². The van der Waals surface area contributed by atoms with E-state index in [1.165, 1.54) is 4.88 Å². The van der Waals surface area contributed by atoms with Crippen LogP contribution in [0.15, 0.2) is 48.8 Å². The van der Waals surface area contributed by atoms with Gasteiger partial charge in [-0.3, -0.25) is 10.8 Å². The minimum Gasteiger partial charge on any atom is -0.324 e. The maximum atomic E-state index is 5.38. The summed E-state index contributed by atoms with van der Waals surface area (Å²) in [6.07, 6.45) is 3.60. The highest BCUT2D eigenvalue weighted by Gasteiger charge is 2.11. The van der Waals surface area contributed by atoms with Crippen molar-refractivity contribution in [1.82, 2.24) is 9.97 Å². The average molecular weight is 282 g/mol. The van der Waals surface area contributed by atoms with Crippen LogP contribution in [-0.4, -0.2) is 9.97 Å². The Morgan fingerprint density at radius 2 is 1.90 bits per heavy atom. The van der Waals surface area contributed by atoms with Crippen molar-refractivity contribution < 1.29 is 0 Å². The van der Waals surface area contributed by atoms with Crippen LogP contribution in [0.2, 0.25) is 0 Å². The molecule has 3 rings (SSSR count). The van der Waals surface area contributed by atoms with Crippen LogP contribution in [0.1, 0.15) is 4.88 Å². The summed E-state index contributed by atoms with van der Waals surface area (Å²) < 4.78 is 0. The van der Waals surface area contributed by atoms with Gasteiger partial charge in [0.15, 0.2) is 0 Å². The van der Waals surface area contributed by atoms with Crippen molar-refractivity contribution in [3.63, 3.8) is 0 Å². The monoisotopic (exact) mass is 282 g/mol. The maximum Gasteiger partial charge on any atom is 0.125 e. The molecular formula is C15H14N4S. The number of thiazole rings is 1. The molecule has 0 atom stereocenters. The molecule has 0 unspecified atom stereocenters. The molecule has 0 bridgehead atoms. The van der Waals surface area contributed by atoms with Gasteiger partial charge in [-0.25, -0.2) is 4.98 Å². The molecule has 1 aromatic carbocycles. The number of hydrogen-bond acceptors (Lipinski definition) is 5. The van der Waals surface area contributed by atoms with Crippen LogP contribution in [0, 0.1) is 6.92 Å². The van der Waals surface area contributed by atoms with Crippen molar-refractivity contribution in [3.8, 4) is 21.8 Å². The van der Waals surface area contributed by atoms with Crippen LogP contribution in [0.25, 0.3) is 21.8 Å². The predicted molar refractivity (Wildman–Crippen MR) is 83.3 cm³/mol. The highest BCUT2D eigenvalue weighted by atomic mass is 32.1. The maximum absolute atomic E-state index is 5.38. The Kier molecular flexibility index (Phi) is 3.45. The molecule has 0 spiro atoms. The first-order valence-corrected chi connectivity index (χ1v) is 7.04. The van der Waals surface area contributed by atoms with Crippen molar-refractivity contribution in [3.05, 3.63) is 53.7 Å². The highest BCUT2D eigenvalue weighted by molar-refractivity contribution is 7.15. The van der Waals surface area contributed by atoms with E-state index >= 15 is 0 Å². The second-order valence-electron chi connectivity index (χ2n) is 4.39. The molecule has 0 saturated carbocycles. The third-order valence-corrected chi connectivity index (χ3v) is 4.05. The highest BCUT2D eigenvalue weighted by Crippen LogP contribution is 2.33. The van der Waals surface area contributed by atoms with Crippen molar-refractivity contribution >= 4 is 17.0 Å². The zero-order chi connectivity index (χ0) is 13.9. The van der Waals surface area contributed by atoms with E-state index in [2.05, 4.69) is 17.3 Å². The van der Waals surface area contributed by atoms with Gasteiger partial charge in [-0.15, -0.1) is 11.3 Å². The van der Waals surface area contributed by atoms with Crippen LogP contribution in [0.4, 0.5) is 5.69 Å². The molecule has 0 aliphatic rings. The lowest BCUT2D eigenvalue weighted by Gasteiger charge is -2.02. The number of nitrogens with two attached hydrogens (primary N) is 1. The van der Waals surface area contributed by atoms with Gasteiger partial charge >= 0.3 is 0 Å². The molecule has 3 aromatic rings. The van der Waals surface area contributed by atoms with E-state index in [0.717, 1.165) is 27.5 Å². The van der Waals surface area contributed by atoms with E-state index in [4.69, 9.17) is 10.8 Å². The van der Waals surface area contributed by atoms with E-state index < -0.39 is 0 Å². The fraction of sp³-hybridized carbons (Fsp3) is 0.0667. The molecule has 0 radical (unpaired) electrons. The number of pyridine rings is 1. The predicted octanol–water partition coefficient (Wildman–Crippen LogP) is 3.47. The molecule has 3 N–H and O–H groups in total. The first kappa shape index (κ1) is 12.8. The van der Waals surface area contributed by atoms with Gasteiger partial charge in [0.25, 0.3) is 0 Å². The normalized spacial score (nSPS) is 10.5. The summed E-state index contributed by atoms with van der Waals surface area (Å²) in [5.74, 6) is 5.38. The minimum absolute atomic E-state index is 0.883. The Balaban J connectivity index is 2.00. The number of nitrogens with one attached hydrogen (secondary N) is 1.